The number of ether oxygens (including phenoxy) is 1. The lowest BCUT2D eigenvalue weighted by molar-refractivity contribution is 0.0762. The van der Waals surface area contributed by atoms with E-state index in [2.05, 4.69) is 4.99 Å². The van der Waals surface area contributed by atoms with Gasteiger partial charge < -0.3 is 4.74 Å². The average Bonchev–Trinajstić information content (AvgIpc) is 3.42. The number of aliphatic imine (C=N–C) groups is 1. The molecule has 0 aromatic heterocycles. The fourth-order valence-corrected chi connectivity index (χ4v) is 3.74. The summed E-state index contributed by atoms with van der Waals surface area (Å²) in [5, 5.41) is 0.653. The second kappa shape index (κ2) is 5.55. The van der Waals surface area contributed by atoms with Gasteiger partial charge in [0.15, 0.2) is 6.10 Å². The summed E-state index contributed by atoms with van der Waals surface area (Å²) in [5.41, 5.74) is 2.16. The van der Waals surface area contributed by atoms with Crippen molar-refractivity contribution in [2.45, 2.75) is 11.6 Å². The summed E-state index contributed by atoms with van der Waals surface area (Å²) in [4.78, 5) is 18.1. The minimum absolute atomic E-state index is 0.0156. The van der Waals surface area contributed by atoms with E-state index in [-0.39, 0.29) is 5.78 Å². The second-order valence-corrected chi connectivity index (χ2v) is 6.90. The van der Waals surface area contributed by atoms with Crippen molar-refractivity contribution >= 4 is 23.1 Å². The Bertz CT molecular complexity index is 1040. The highest BCUT2D eigenvalue weighted by Crippen LogP contribution is 2.51. The van der Waals surface area contributed by atoms with Gasteiger partial charge >= 0.3 is 0 Å². The van der Waals surface area contributed by atoms with Gasteiger partial charge in [0, 0.05) is 5.02 Å². The topological polar surface area (TPSA) is 38.7 Å². The molecule has 2 aliphatic heterocycles. The fourth-order valence-electron chi connectivity index (χ4n) is 3.61. The first-order chi connectivity index (χ1) is 12.7. The summed E-state index contributed by atoms with van der Waals surface area (Å²) < 4.78 is 6.28. The standard InChI is InChI=1S/C22H14ClNO2/c23-16-12-10-14(11-13-16)19-22(24-19)20(25)17-8-4-5-9-18(17)26-21(22)15-6-2-1-3-7-15/h1-13,21H. The number of hydrogen-bond acceptors (Lipinski definition) is 3. The van der Waals surface area contributed by atoms with E-state index >= 15 is 0 Å². The molecule has 2 heterocycles. The smallest absolute Gasteiger partial charge is 0.206 e. The number of carbonyl (C=O) groups is 1. The molecule has 3 aromatic rings. The predicted molar refractivity (Wildman–Crippen MR) is 101 cm³/mol. The van der Waals surface area contributed by atoms with Crippen molar-refractivity contribution in [3.63, 3.8) is 0 Å². The Morgan fingerprint density at radius 1 is 0.885 bits per heavy atom. The summed E-state index contributed by atoms with van der Waals surface area (Å²) in [6.45, 7) is 0. The number of Topliss-reactive ketones (excluding diaryl/α,β-unsaturated/α-hetero) is 1. The fraction of sp³-hybridized carbons (Fsp3) is 0.0909. The molecule has 0 aliphatic carbocycles. The number of rotatable bonds is 2. The summed E-state index contributed by atoms with van der Waals surface area (Å²) >= 11 is 6.00. The molecule has 3 aromatic carbocycles. The third-order valence-corrected chi connectivity index (χ3v) is 5.17. The minimum Gasteiger partial charge on any atom is -0.481 e. The SMILES string of the molecule is O=C1c2ccccc2OC(c2ccccc2)C12N=C2c1ccc(Cl)cc1. The normalized spacial score (nSPS) is 23.2. The number of carbonyl (C=O) groups excluding carboxylic acids is 1. The van der Waals surface area contributed by atoms with Crippen LogP contribution in [0.25, 0.3) is 0 Å². The molecule has 1 spiro atoms. The Hall–Kier alpha value is -2.91. The van der Waals surface area contributed by atoms with Gasteiger partial charge in [-0.3, -0.25) is 9.79 Å². The zero-order chi connectivity index (χ0) is 17.7. The van der Waals surface area contributed by atoms with Crippen LogP contribution in [0.3, 0.4) is 0 Å². The summed E-state index contributed by atoms with van der Waals surface area (Å²) in [5.74, 6) is 0.590. The number of fused-ring (bicyclic) bond motifs is 1. The van der Waals surface area contributed by atoms with Crippen molar-refractivity contribution in [1.29, 1.82) is 0 Å². The highest BCUT2D eigenvalue weighted by Gasteiger charge is 2.64. The molecule has 0 saturated heterocycles. The molecule has 0 saturated carbocycles. The molecule has 126 valence electrons. The first kappa shape index (κ1) is 15.4. The molecule has 2 aliphatic rings. The lowest BCUT2D eigenvalue weighted by Crippen LogP contribution is -2.44. The third-order valence-electron chi connectivity index (χ3n) is 4.92. The molecule has 3 nitrogen and oxygen atoms in total. The van der Waals surface area contributed by atoms with Crippen molar-refractivity contribution in [2.75, 3.05) is 0 Å². The van der Waals surface area contributed by atoms with Crippen molar-refractivity contribution in [1.82, 2.24) is 0 Å². The molecule has 2 atom stereocenters. The Labute approximate surface area is 155 Å². The average molecular weight is 360 g/mol. The Kier molecular flexibility index (Phi) is 3.28. The van der Waals surface area contributed by atoms with Crippen LogP contribution < -0.4 is 4.74 Å². The number of para-hydroxylation sites is 1. The van der Waals surface area contributed by atoms with Crippen LogP contribution in [0, 0.1) is 0 Å². The van der Waals surface area contributed by atoms with Gasteiger partial charge in [0.1, 0.15) is 5.75 Å². The number of halogens is 1. The molecular formula is C22H14ClNO2. The van der Waals surface area contributed by atoms with E-state index in [0.717, 1.165) is 16.8 Å². The first-order valence-corrected chi connectivity index (χ1v) is 8.79. The van der Waals surface area contributed by atoms with Crippen LogP contribution in [-0.2, 0) is 0 Å². The van der Waals surface area contributed by atoms with Gasteiger partial charge in [-0.1, -0.05) is 66.2 Å². The monoisotopic (exact) mass is 359 g/mol. The summed E-state index contributed by atoms with van der Waals surface area (Å²) in [6, 6.07) is 24.6. The molecule has 0 bridgehead atoms. The number of nitrogens with zero attached hydrogens (tertiary/aromatic N) is 1. The number of hydrogen-bond donors (Lipinski definition) is 0. The Morgan fingerprint density at radius 2 is 1.58 bits per heavy atom. The van der Waals surface area contributed by atoms with Gasteiger partial charge in [0.2, 0.25) is 11.3 Å². The van der Waals surface area contributed by atoms with E-state index < -0.39 is 11.6 Å². The lowest BCUT2D eigenvalue weighted by Gasteiger charge is -2.32. The zero-order valence-electron chi connectivity index (χ0n) is 13.7. The van der Waals surface area contributed by atoms with Crippen LogP contribution in [0.4, 0.5) is 0 Å². The summed E-state index contributed by atoms with van der Waals surface area (Å²) in [6.07, 6.45) is -0.475. The Balaban J connectivity index is 1.64. The van der Waals surface area contributed by atoms with Crippen LogP contribution in [0.1, 0.15) is 27.6 Å². The predicted octanol–water partition coefficient (Wildman–Crippen LogP) is 4.90. The molecule has 0 fully saturated rings. The number of benzene rings is 3. The largest absolute Gasteiger partial charge is 0.481 e. The van der Waals surface area contributed by atoms with Gasteiger partial charge in [0.05, 0.1) is 11.3 Å². The van der Waals surface area contributed by atoms with E-state index in [1.54, 1.807) is 6.07 Å². The van der Waals surface area contributed by atoms with E-state index in [0.29, 0.717) is 16.3 Å². The molecule has 5 rings (SSSR count). The maximum absolute atomic E-state index is 13.4. The number of ketones is 1. The van der Waals surface area contributed by atoms with Gasteiger partial charge in [-0.2, -0.15) is 0 Å². The van der Waals surface area contributed by atoms with E-state index in [4.69, 9.17) is 16.3 Å². The quantitative estimate of drug-likeness (QED) is 0.653. The van der Waals surface area contributed by atoms with Crippen molar-refractivity contribution in [2.24, 2.45) is 4.99 Å². The molecule has 0 N–H and O–H groups in total. The van der Waals surface area contributed by atoms with Crippen LogP contribution in [-0.4, -0.2) is 17.0 Å². The van der Waals surface area contributed by atoms with E-state index in [1.165, 1.54) is 0 Å². The highest BCUT2D eigenvalue weighted by atomic mass is 35.5. The van der Waals surface area contributed by atoms with Crippen LogP contribution in [0.15, 0.2) is 83.9 Å². The van der Waals surface area contributed by atoms with Crippen molar-refractivity contribution in [3.05, 3.63) is 101 Å². The molecular weight excluding hydrogens is 346 g/mol. The Morgan fingerprint density at radius 3 is 2.35 bits per heavy atom. The maximum atomic E-state index is 13.4. The van der Waals surface area contributed by atoms with Gasteiger partial charge in [-0.25, -0.2) is 0 Å². The summed E-state index contributed by atoms with van der Waals surface area (Å²) in [7, 11) is 0. The van der Waals surface area contributed by atoms with Gasteiger partial charge in [-0.05, 0) is 35.4 Å². The maximum Gasteiger partial charge on any atom is 0.206 e. The van der Waals surface area contributed by atoms with Gasteiger partial charge in [-0.15, -0.1) is 0 Å². The molecule has 26 heavy (non-hydrogen) atoms. The second-order valence-electron chi connectivity index (χ2n) is 6.47. The molecule has 4 heteroatoms. The molecule has 0 radical (unpaired) electrons. The van der Waals surface area contributed by atoms with Crippen LogP contribution >= 0.6 is 11.6 Å². The van der Waals surface area contributed by atoms with Crippen molar-refractivity contribution < 1.29 is 9.53 Å². The van der Waals surface area contributed by atoms with Gasteiger partial charge in [0.25, 0.3) is 0 Å². The van der Waals surface area contributed by atoms with Crippen molar-refractivity contribution in [3.8, 4) is 5.75 Å². The van der Waals surface area contributed by atoms with Crippen LogP contribution in [0.2, 0.25) is 5.02 Å². The zero-order valence-corrected chi connectivity index (χ0v) is 14.5. The van der Waals surface area contributed by atoms with E-state index in [1.807, 2.05) is 72.8 Å². The van der Waals surface area contributed by atoms with E-state index in [9.17, 15) is 4.79 Å². The molecule has 2 unspecified atom stereocenters. The lowest BCUT2D eigenvalue weighted by atomic mass is 9.80. The minimum atomic E-state index is -0.996. The first-order valence-electron chi connectivity index (χ1n) is 8.42. The highest BCUT2D eigenvalue weighted by molar-refractivity contribution is 6.36. The van der Waals surface area contributed by atoms with Crippen LogP contribution in [0.5, 0.6) is 5.75 Å². The molecule has 0 amide bonds. The third kappa shape index (κ3) is 2.14.